The first-order valence-electron chi connectivity index (χ1n) is 7.36. The number of hydrogen-bond acceptors (Lipinski definition) is 5. The zero-order valence-electron chi connectivity index (χ0n) is 12.4. The summed E-state index contributed by atoms with van der Waals surface area (Å²) in [6.07, 6.45) is 7.20. The molecule has 2 aromatic heterocycles. The zero-order valence-corrected chi connectivity index (χ0v) is 12.4. The van der Waals surface area contributed by atoms with Gasteiger partial charge in [0.1, 0.15) is 0 Å². The Morgan fingerprint density at radius 3 is 3.14 bits per heavy atom. The van der Waals surface area contributed by atoms with Crippen molar-refractivity contribution in [3.63, 3.8) is 0 Å². The lowest BCUT2D eigenvalue weighted by molar-refractivity contribution is 0.0698. The predicted molar refractivity (Wildman–Crippen MR) is 82.6 cm³/mol. The number of anilines is 2. The van der Waals surface area contributed by atoms with E-state index in [1.165, 1.54) is 18.5 Å². The Labute approximate surface area is 128 Å². The van der Waals surface area contributed by atoms with E-state index < -0.39 is 5.97 Å². The van der Waals surface area contributed by atoms with Crippen LogP contribution in [0.4, 0.5) is 11.5 Å². The van der Waals surface area contributed by atoms with Crippen molar-refractivity contribution >= 4 is 17.5 Å². The fourth-order valence-corrected chi connectivity index (χ4v) is 2.66. The van der Waals surface area contributed by atoms with Gasteiger partial charge in [0.05, 0.1) is 23.5 Å². The Balaban J connectivity index is 1.84. The molecule has 0 aliphatic carbocycles. The van der Waals surface area contributed by atoms with E-state index in [-0.39, 0.29) is 5.56 Å². The quantitative estimate of drug-likeness (QED) is 0.799. The van der Waals surface area contributed by atoms with Crippen LogP contribution in [0.3, 0.4) is 0 Å². The van der Waals surface area contributed by atoms with Gasteiger partial charge in [0.25, 0.3) is 0 Å². The monoisotopic (exact) mass is 301 g/mol. The van der Waals surface area contributed by atoms with Gasteiger partial charge in [-0.1, -0.05) is 0 Å². The molecule has 1 fully saturated rings. The largest absolute Gasteiger partial charge is 0.478 e. The van der Waals surface area contributed by atoms with E-state index >= 15 is 0 Å². The first kappa shape index (κ1) is 14.5. The van der Waals surface area contributed by atoms with Crippen molar-refractivity contribution in [2.75, 3.05) is 18.4 Å². The molecule has 3 heterocycles. The van der Waals surface area contributed by atoms with E-state index in [0.29, 0.717) is 17.5 Å². The second-order valence-corrected chi connectivity index (χ2v) is 5.49. The molecule has 1 atom stereocenters. The fourth-order valence-electron chi connectivity index (χ4n) is 2.66. The van der Waals surface area contributed by atoms with E-state index in [4.69, 9.17) is 0 Å². The van der Waals surface area contributed by atoms with E-state index in [0.717, 1.165) is 31.5 Å². The number of piperidine rings is 1. The number of nitrogens with zero attached hydrogens (tertiary/aromatic N) is 3. The highest BCUT2D eigenvalue weighted by molar-refractivity contribution is 5.94. The number of rotatable bonds is 4. The maximum absolute atomic E-state index is 11.2. The van der Waals surface area contributed by atoms with Gasteiger partial charge < -0.3 is 15.7 Å². The summed E-state index contributed by atoms with van der Waals surface area (Å²) in [7, 11) is 0. The van der Waals surface area contributed by atoms with Crippen LogP contribution in [0.15, 0.2) is 24.7 Å². The Hall–Kier alpha value is -2.41. The number of pyridine rings is 1. The lowest BCUT2D eigenvalue weighted by atomic mass is 10.1. The molecule has 116 valence electrons. The molecule has 1 saturated heterocycles. The summed E-state index contributed by atoms with van der Waals surface area (Å²) >= 11 is 0. The lowest BCUT2D eigenvalue weighted by Gasteiger charge is -2.22. The van der Waals surface area contributed by atoms with Crippen molar-refractivity contribution in [2.45, 2.75) is 25.8 Å². The third kappa shape index (κ3) is 2.94. The minimum Gasteiger partial charge on any atom is -0.478 e. The molecule has 3 rings (SSSR count). The number of carboxylic acids is 1. The summed E-state index contributed by atoms with van der Waals surface area (Å²) in [5.41, 5.74) is 1.61. The van der Waals surface area contributed by atoms with Gasteiger partial charge in [0, 0.05) is 24.5 Å². The molecular formula is C15H19N5O2. The number of aryl methyl sites for hydroxylation is 1. The van der Waals surface area contributed by atoms with E-state index in [1.54, 1.807) is 0 Å². The van der Waals surface area contributed by atoms with Crippen LogP contribution in [0.5, 0.6) is 0 Å². The number of aromatic carboxylic acids is 1. The Morgan fingerprint density at radius 2 is 2.41 bits per heavy atom. The maximum atomic E-state index is 11.2. The topological polar surface area (TPSA) is 92.1 Å². The Kier molecular flexibility index (Phi) is 4.06. The molecule has 22 heavy (non-hydrogen) atoms. The second kappa shape index (κ2) is 6.15. The highest BCUT2D eigenvalue weighted by atomic mass is 16.4. The van der Waals surface area contributed by atoms with Crippen LogP contribution in [0.1, 0.15) is 34.8 Å². The number of aromatic nitrogens is 3. The SMILES string of the molecule is Cc1cn(C2CCCNC2)nc1Nc1cnccc1C(=O)O. The van der Waals surface area contributed by atoms with Gasteiger partial charge in [-0.3, -0.25) is 9.67 Å². The molecule has 7 nitrogen and oxygen atoms in total. The molecule has 1 aliphatic heterocycles. The van der Waals surface area contributed by atoms with Crippen molar-refractivity contribution in [1.29, 1.82) is 0 Å². The second-order valence-electron chi connectivity index (χ2n) is 5.49. The fraction of sp³-hybridized carbons (Fsp3) is 0.400. The van der Waals surface area contributed by atoms with Crippen molar-refractivity contribution < 1.29 is 9.90 Å². The molecule has 0 spiro atoms. The van der Waals surface area contributed by atoms with Crippen LogP contribution in [0.2, 0.25) is 0 Å². The smallest absolute Gasteiger partial charge is 0.337 e. The molecule has 0 radical (unpaired) electrons. The van der Waals surface area contributed by atoms with Crippen molar-refractivity contribution in [3.05, 3.63) is 35.8 Å². The number of nitrogens with one attached hydrogen (secondary N) is 2. The zero-order chi connectivity index (χ0) is 15.5. The molecule has 1 unspecified atom stereocenters. The van der Waals surface area contributed by atoms with Gasteiger partial charge in [-0.25, -0.2) is 4.79 Å². The van der Waals surface area contributed by atoms with Crippen LogP contribution >= 0.6 is 0 Å². The van der Waals surface area contributed by atoms with Gasteiger partial charge in [-0.05, 0) is 32.4 Å². The first-order chi connectivity index (χ1) is 10.6. The predicted octanol–water partition coefficient (Wildman–Crippen LogP) is 1.95. The normalized spacial score (nSPS) is 18.1. The average Bonchev–Trinajstić information content (AvgIpc) is 2.90. The first-order valence-corrected chi connectivity index (χ1v) is 7.36. The highest BCUT2D eigenvalue weighted by Crippen LogP contribution is 2.24. The highest BCUT2D eigenvalue weighted by Gasteiger charge is 2.18. The minimum atomic E-state index is -0.988. The molecule has 0 saturated carbocycles. The van der Waals surface area contributed by atoms with E-state index in [9.17, 15) is 9.90 Å². The third-order valence-corrected chi connectivity index (χ3v) is 3.86. The third-order valence-electron chi connectivity index (χ3n) is 3.86. The van der Waals surface area contributed by atoms with Gasteiger partial charge in [-0.15, -0.1) is 0 Å². The Morgan fingerprint density at radius 1 is 1.55 bits per heavy atom. The summed E-state index contributed by atoms with van der Waals surface area (Å²) in [6.45, 7) is 3.92. The van der Waals surface area contributed by atoms with Gasteiger partial charge >= 0.3 is 5.97 Å². The summed E-state index contributed by atoms with van der Waals surface area (Å²) < 4.78 is 1.96. The van der Waals surface area contributed by atoms with Crippen molar-refractivity contribution in [1.82, 2.24) is 20.1 Å². The Bertz CT molecular complexity index is 676. The van der Waals surface area contributed by atoms with Crippen LogP contribution in [0, 0.1) is 6.92 Å². The number of carbonyl (C=O) groups is 1. The summed E-state index contributed by atoms with van der Waals surface area (Å²) in [6, 6.07) is 1.82. The van der Waals surface area contributed by atoms with Gasteiger partial charge in [-0.2, -0.15) is 5.10 Å². The van der Waals surface area contributed by atoms with Gasteiger partial charge in [0.2, 0.25) is 0 Å². The molecule has 0 aromatic carbocycles. The molecule has 3 N–H and O–H groups in total. The molecule has 2 aromatic rings. The standard InChI is InChI=1S/C15H19N5O2/c1-10-9-20(11-3-2-5-16-7-11)19-14(10)18-13-8-17-6-4-12(13)15(21)22/h4,6,8-9,11,16H,2-3,5,7H2,1H3,(H,18,19)(H,21,22). The number of hydrogen-bond donors (Lipinski definition) is 3. The van der Waals surface area contributed by atoms with Crippen LogP contribution < -0.4 is 10.6 Å². The molecule has 7 heteroatoms. The maximum Gasteiger partial charge on any atom is 0.337 e. The summed E-state index contributed by atoms with van der Waals surface area (Å²) in [5, 5.41) is 20.2. The summed E-state index contributed by atoms with van der Waals surface area (Å²) in [5.74, 6) is -0.320. The molecule has 0 bridgehead atoms. The van der Waals surface area contributed by atoms with E-state index in [2.05, 4.69) is 20.7 Å². The average molecular weight is 301 g/mol. The van der Waals surface area contributed by atoms with Crippen LogP contribution in [-0.4, -0.2) is 38.9 Å². The molecule has 1 aliphatic rings. The van der Waals surface area contributed by atoms with E-state index in [1.807, 2.05) is 17.8 Å². The number of carboxylic acid groups (broad SMARTS) is 1. The summed E-state index contributed by atoms with van der Waals surface area (Å²) in [4.78, 5) is 15.2. The van der Waals surface area contributed by atoms with Crippen molar-refractivity contribution in [3.8, 4) is 0 Å². The minimum absolute atomic E-state index is 0.184. The van der Waals surface area contributed by atoms with Crippen LogP contribution in [-0.2, 0) is 0 Å². The van der Waals surface area contributed by atoms with Crippen LogP contribution in [0.25, 0.3) is 0 Å². The molecular weight excluding hydrogens is 282 g/mol. The molecule has 0 amide bonds. The lowest BCUT2D eigenvalue weighted by Crippen LogP contribution is -2.31. The van der Waals surface area contributed by atoms with Gasteiger partial charge in [0.15, 0.2) is 5.82 Å². The van der Waals surface area contributed by atoms with Crippen molar-refractivity contribution in [2.24, 2.45) is 0 Å².